The van der Waals surface area contributed by atoms with Gasteiger partial charge in [-0.1, -0.05) is 12.1 Å². The molecular formula is C13H13F2NO. The van der Waals surface area contributed by atoms with E-state index < -0.39 is 17.7 Å². The highest BCUT2D eigenvalue weighted by molar-refractivity contribution is 5.35. The Balaban J connectivity index is 2.47. The van der Waals surface area contributed by atoms with Crippen LogP contribution in [0.15, 0.2) is 28.7 Å². The van der Waals surface area contributed by atoms with Gasteiger partial charge in [0.15, 0.2) is 11.6 Å². The summed E-state index contributed by atoms with van der Waals surface area (Å²) in [6.45, 7) is 3.53. The largest absolute Gasteiger partial charge is 0.466 e. The lowest BCUT2D eigenvalue weighted by Crippen LogP contribution is -2.14. The third kappa shape index (κ3) is 2.08. The molecule has 0 aliphatic carbocycles. The number of rotatable bonds is 2. The van der Waals surface area contributed by atoms with Gasteiger partial charge in [-0.2, -0.15) is 0 Å². The third-order valence-electron chi connectivity index (χ3n) is 2.73. The van der Waals surface area contributed by atoms with E-state index in [2.05, 4.69) is 0 Å². The Kier molecular flexibility index (Phi) is 2.98. The number of halogens is 2. The van der Waals surface area contributed by atoms with E-state index in [1.165, 1.54) is 12.1 Å². The molecule has 2 aromatic rings. The standard InChI is InChI=1S/C13H13F2NO/c1-7-6-10(8(2)17-7)13(16)9-4-3-5-11(14)12(9)15/h3-6,13H,16H2,1-2H3. The second-order valence-electron chi connectivity index (χ2n) is 3.99. The fraction of sp³-hybridized carbons (Fsp3) is 0.231. The summed E-state index contributed by atoms with van der Waals surface area (Å²) in [5.74, 6) is -0.475. The lowest BCUT2D eigenvalue weighted by molar-refractivity contribution is 0.488. The van der Waals surface area contributed by atoms with Gasteiger partial charge in [-0.3, -0.25) is 0 Å². The fourth-order valence-electron chi connectivity index (χ4n) is 1.89. The van der Waals surface area contributed by atoms with Crippen LogP contribution in [-0.4, -0.2) is 0 Å². The molecular weight excluding hydrogens is 224 g/mol. The van der Waals surface area contributed by atoms with Gasteiger partial charge in [0, 0.05) is 11.1 Å². The van der Waals surface area contributed by atoms with E-state index in [1.807, 2.05) is 0 Å². The number of hydrogen-bond donors (Lipinski definition) is 1. The minimum Gasteiger partial charge on any atom is -0.466 e. The van der Waals surface area contributed by atoms with Gasteiger partial charge < -0.3 is 10.2 Å². The van der Waals surface area contributed by atoms with Crippen molar-refractivity contribution >= 4 is 0 Å². The maximum absolute atomic E-state index is 13.6. The van der Waals surface area contributed by atoms with E-state index in [-0.39, 0.29) is 5.56 Å². The lowest BCUT2D eigenvalue weighted by Gasteiger charge is -2.12. The molecule has 1 heterocycles. The molecule has 1 unspecified atom stereocenters. The van der Waals surface area contributed by atoms with Crippen molar-refractivity contribution in [1.82, 2.24) is 0 Å². The van der Waals surface area contributed by atoms with Crippen LogP contribution in [0.1, 0.15) is 28.7 Å². The summed E-state index contributed by atoms with van der Waals surface area (Å²) in [5.41, 5.74) is 6.74. The maximum Gasteiger partial charge on any atom is 0.163 e. The summed E-state index contributed by atoms with van der Waals surface area (Å²) in [5, 5.41) is 0. The van der Waals surface area contributed by atoms with Gasteiger partial charge in [0.25, 0.3) is 0 Å². The normalized spacial score (nSPS) is 12.8. The smallest absolute Gasteiger partial charge is 0.163 e. The van der Waals surface area contributed by atoms with E-state index in [0.29, 0.717) is 17.1 Å². The van der Waals surface area contributed by atoms with Crippen molar-refractivity contribution in [3.05, 3.63) is 58.5 Å². The van der Waals surface area contributed by atoms with Gasteiger partial charge in [0.2, 0.25) is 0 Å². The number of nitrogens with two attached hydrogens (primary N) is 1. The summed E-state index contributed by atoms with van der Waals surface area (Å²) >= 11 is 0. The topological polar surface area (TPSA) is 39.2 Å². The van der Waals surface area contributed by atoms with Crippen LogP contribution in [0.3, 0.4) is 0 Å². The van der Waals surface area contributed by atoms with Crippen LogP contribution in [-0.2, 0) is 0 Å². The minimum atomic E-state index is -0.904. The first kappa shape index (κ1) is 11.8. The molecule has 0 saturated carbocycles. The average Bonchev–Trinajstić information content (AvgIpc) is 2.61. The monoisotopic (exact) mass is 237 g/mol. The SMILES string of the molecule is Cc1cc(C(N)c2cccc(F)c2F)c(C)o1. The molecule has 4 heteroatoms. The van der Waals surface area contributed by atoms with Gasteiger partial charge in [0.05, 0.1) is 6.04 Å². The van der Waals surface area contributed by atoms with Crippen molar-refractivity contribution in [2.24, 2.45) is 5.73 Å². The molecule has 17 heavy (non-hydrogen) atoms. The Hall–Kier alpha value is -1.68. The Bertz CT molecular complexity index is 548. The molecule has 2 rings (SSSR count). The zero-order chi connectivity index (χ0) is 12.6. The van der Waals surface area contributed by atoms with Crippen LogP contribution in [0.2, 0.25) is 0 Å². The van der Waals surface area contributed by atoms with Gasteiger partial charge in [0.1, 0.15) is 11.5 Å². The van der Waals surface area contributed by atoms with Crippen LogP contribution >= 0.6 is 0 Å². The van der Waals surface area contributed by atoms with E-state index in [0.717, 1.165) is 6.07 Å². The second-order valence-corrected chi connectivity index (χ2v) is 3.99. The van der Waals surface area contributed by atoms with E-state index in [1.54, 1.807) is 19.9 Å². The predicted molar refractivity (Wildman–Crippen MR) is 60.6 cm³/mol. The maximum atomic E-state index is 13.6. The first-order chi connectivity index (χ1) is 8.00. The number of aryl methyl sites for hydroxylation is 2. The molecule has 1 aromatic carbocycles. The van der Waals surface area contributed by atoms with Gasteiger partial charge >= 0.3 is 0 Å². The number of furan rings is 1. The Morgan fingerprint density at radius 2 is 1.88 bits per heavy atom. The van der Waals surface area contributed by atoms with Crippen LogP contribution in [0.5, 0.6) is 0 Å². The molecule has 0 bridgehead atoms. The zero-order valence-corrected chi connectivity index (χ0v) is 9.63. The molecule has 2 nitrogen and oxygen atoms in total. The molecule has 1 atom stereocenters. The number of benzene rings is 1. The highest BCUT2D eigenvalue weighted by Crippen LogP contribution is 2.27. The van der Waals surface area contributed by atoms with Gasteiger partial charge in [-0.15, -0.1) is 0 Å². The Morgan fingerprint density at radius 1 is 1.18 bits per heavy atom. The number of hydrogen-bond acceptors (Lipinski definition) is 2. The van der Waals surface area contributed by atoms with Crippen molar-refractivity contribution in [3.63, 3.8) is 0 Å². The molecule has 0 radical (unpaired) electrons. The average molecular weight is 237 g/mol. The third-order valence-corrected chi connectivity index (χ3v) is 2.73. The second kappa shape index (κ2) is 4.30. The quantitative estimate of drug-likeness (QED) is 0.871. The zero-order valence-electron chi connectivity index (χ0n) is 9.63. The highest BCUT2D eigenvalue weighted by atomic mass is 19.2. The van der Waals surface area contributed by atoms with Crippen molar-refractivity contribution in [2.45, 2.75) is 19.9 Å². The molecule has 0 fully saturated rings. The summed E-state index contributed by atoms with van der Waals surface area (Å²) in [7, 11) is 0. The predicted octanol–water partition coefficient (Wildman–Crippen LogP) is 3.22. The summed E-state index contributed by atoms with van der Waals surface area (Å²) in [6.07, 6.45) is 0. The highest BCUT2D eigenvalue weighted by Gasteiger charge is 2.19. The van der Waals surface area contributed by atoms with E-state index >= 15 is 0 Å². The molecule has 0 saturated heterocycles. The van der Waals surface area contributed by atoms with E-state index in [9.17, 15) is 8.78 Å². The van der Waals surface area contributed by atoms with E-state index in [4.69, 9.17) is 10.2 Å². The molecule has 0 aliphatic heterocycles. The molecule has 0 spiro atoms. The molecule has 1 aromatic heterocycles. The van der Waals surface area contributed by atoms with Crippen LogP contribution < -0.4 is 5.73 Å². The van der Waals surface area contributed by atoms with Gasteiger partial charge in [-0.25, -0.2) is 8.78 Å². The molecule has 0 amide bonds. The molecule has 90 valence electrons. The summed E-state index contributed by atoms with van der Waals surface area (Å²) in [4.78, 5) is 0. The Morgan fingerprint density at radius 3 is 2.47 bits per heavy atom. The van der Waals surface area contributed by atoms with Crippen LogP contribution in [0, 0.1) is 25.5 Å². The summed E-state index contributed by atoms with van der Waals surface area (Å²) < 4.78 is 32.0. The van der Waals surface area contributed by atoms with Crippen molar-refractivity contribution in [2.75, 3.05) is 0 Å². The first-order valence-corrected chi connectivity index (χ1v) is 5.27. The van der Waals surface area contributed by atoms with Crippen molar-refractivity contribution in [3.8, 4) is 0 Å². The summed E-state index contributed by atoms with van der Waals surface area (Å²) in [6, 6.07) is 5.01. The van der Waals surface area contributed by atoms with Crippen LogP contribution in [0.25, 0.3) is 0 Å². The van der Waals surface area contributed by atoms with Gasteiger partial charge in [-0.05, 0) is 26.0 Å². The minimum absolute atomic E-state index is 0.133. The molecule has 0 aliphatic rings. The van der Waals surface area contributed by atoms with Crippen LogP contribution in [0.4, 0.5) is 8.78 Å². The lowest BCUT2D eigenvalue weighted by atomic mass is 9.99. The molecule has 2 N–H and O–H groups in total. The first-order valence-electron chi connectivity index (χ1n) is 5.27. The van der Waals surface area contributed by atoms with Crippen molar-refractivity contribution < 1.29 is 13.2 Å². The Labute approximate surface area is 98.0 Å². The fourth-order valence-corrected chi connectivity index (χ4v) is 1.89. The van der Waals surface area contributed by atoms with Crippen molar-refractivity contribution in [1.29, 1.82) is 0 Å².